The summed E-state index contributed by atoms with van der Waals surface area (Å²) in [5, 5.41) is 2.38. The molecule has 1 fully saturated rings. The van der Waals surface area contributed by atoms with Crippen LogP contribution in [0.3, 0.4) is 0 Å². The minimum absolute atomic E-state index is 0.0236. The van der Waals surface area contributed by atoms with Crippen molar-refractivity contribution in [2.45, 2.75) is 71.1 Å². The van der Waals surface area contributed by atoms with Crippen molar-refractivity contribution in [2.75, 3.05) is 13.2 Å². The van der Waals surface area contributed by atoms with Crippen LogP contribution in [0.1, 0.15) is 69.9 Å². The van der Waals surface area contributed by atoms with Gasteiger partial charge >= 0.3 is 5.97 Å². The lowest BCUT2D eigenvalue weighted by Crippen LogP contribution is -2.50. The van der Waals surface area contributed by atoms with Crippen molar-refractivity contribution in [1.82, 2.24) is 9.88 Å². The van der Waals surface area contributed by atoms with Gasteiger partial charge in [-0.2, -0.15) is 0 Å². The van der Waals surface area contributed by atoms with Gasteiger partial charge in [-0.1, -0.05) is 26.7 Å². The van der Waals surface area contributed by atoms with Crippen LogP contribution in [-0.4, -0.2) is 56.3 Å². The van der Waals surface area contributed by atoms with E-state index in [9.17, 15) is 9.59 Å². The molecule has 1 saturated heterocycles. The number of likely N-dealkylation sites (tertiary alicyclic amines) is 1. The normalized spacial score (nSPS) is 17.9. The van der Waals surface area contributed by atoms with Crippen molar-refractivity contribution in [2.24, 2.45) is 0 Å². The van der Waals surface area contributed by atoms with Crippen LogP contribution in [-0.2, 0) is 14.0 Å². The smallest absolute Gasteiger partial charge is 0.357 e. The van der Waals surface area contributed by atoms with Crippen LogP contribution in [0, 0.1) is 11.8 Å². The van der Waals surface area contributed by atoms with Gasteiger partial charge in [-0.15, -0.1) is 11.3 Å². The lowest BCUT2D eigenvalue weighted by atomic mass is 9.97. The summed E-state index contributed by atoms with van der Waals surface area (Å²) in [6.45, 7) is 13.1. The number of ether oxygens (including phenoxy) is 1. The lowest BCUT2D eigenvalue weighted by Gasteiger charge is -2.39. The summed E-state index contributed by atoms with van der Waals surface area (Å²) in [6, 6.07) is 0.0236. The molecule has 0 unspecified atom stereocenters. The molecule has 0 radical (unpaired) electrons. The number of carbonyl (C=O) groups excluding carboxylic acids is 2. The molecule has 0 aromatic carbocycles. The maximum Gasteiger partial charge on any atom is 0.357 e. The molecular formula is C20H30N2O4SSi. The average molecular weight is 423 g/mol. The molecule has 0 bridgehead atoms. The number of rotatable bonds is 6. The topological polar surface area (TPSA) is 68.7 Å². The van der Waals surface area contributed by atoms with E-state index < -0.39 is 15.7 Å². The molecule has 2 rings (SSSR count). The zero-order valence-electron chi connectivity index (χ0n) is 17.6. The van der Waals surface area contributed by atoms with E-state index >= 15 is 0 Å². The van der Waals surface area contributed by atoms with Gasteiger partial charge in [0, 0.05) is 11.8 Å². The van der Waals surface area contributed by atoms with Gasteiger partial charge in [-0.3, -0.25) is 4.79 Å². The molecule has 1 atom stereocenters. The Morgan fingerprint density at radius 2 is 2.11 bits per heavy atom. The maximum atomic E-state index is 12.4. The van der Waals surface area contributed by atoms with E-state index in [0.717, 1.165) is 6.42 Å². The Kier molecular flexibility index (Phi) is 7.43. The molecule has 0 aliphatic carbocycles. The van der Waals surface area contributed by atoms with Crippen molar-refractivity contribution in [3.63, 3.8) is 0 Å². The van der Waals surface area contributed by atoms with Crippen LogP contribution in [0.25, 0.3) is 0 Å². The first-order chi connectivity index (χ1) is 13.0. The number of esters is 1. The van der Waals surface area contributed by atoms with Gasteiger partial charge in [-0.05, 0) is 38.2 Å². The predicted octanol–water partition coefficient (Wildman–Crippen LogP) is 2.76. The second-order valence-corrected chi connectivity index (χ2v) is 12.1. The quantitative estimate of drug-likeness (QED) is 0.401. The van der Waals surface area contributed by atoms with Crippen LogP contribution >= 0.6 is 11.3 Å². The van der Waals surface area contributed by atoms with Crippen molar-refractivity contribution in [3.05, 3.63) is 16.1 Å². The summed E-state index contributed by atoms with van der Waals surface area (Å²) < 4.78 is 11.2. The Labute approximate surface area is 173 Å². The fourth-order valence-electron chi connectivity index (χ4n) is 2.98. The van der Waals surface area contributed by atoms with Crippen molar-refractivity contribution >= 4 is 33.0 Å². The highest BCUT2D eigenvalue weighted by Crippen LogP contribution is 2.32. The SMILES string of the molecule is CCOC(=O)c1csc(C#CCN2C(=O)CC[C@@H]2C(C)(C)O[SiH2]C(C)(C)C)n1. The molecule has 2 heterocycles. The lowest BCUT2D eigenvalue weighted by molar-refractivity contribution is -0.130. The molecular weight excluding hydrogens is 392 g/mol. The summed E-state index contributed by atoms with van der Waals surface area (Å²) in [4.78, 5) is 30.1. The van der Waals surface area contributed by atoms with Crippen molar-refractivity contribution in [1.29, 1.82) is 0 Å². The van der Waals surface area contributed by atoms with Gasteiger partial charge in [0.15, 0.2) is 20.5 Å². The average Bonchev–Trinajstić information content (AvgIpc) is 3.21. The highest BCUT2D eigenvalue weighted by molar-refractivity contribution is 7.10. The number of nitrogens with zero attached hydrogens (tertiary/aromatic N) is 2. The summed E-state index contributed by atoms with van der Waals surface area (Å²) >= 11 is 1.30. The van der Waals surface area contributed by atoms with Crippen LogP contribution in [0.4, 0.5) is 0 Å². The Morgan fingerprint density at radius 1 is 1.39 bits per heavy atom. The van der Waals surface area contributed by atoms with Crippen molar-refractivity contribution < 1.29 is 18.8 Å². The number of thiazole rings is 1. The molecule has 1 aromatic rings. The second kappa shape index (κ2) is 9.20. The Bertz CT molecular complexity index is 773. The van der Waals surface area contributed by atoms with E-state index in [1.165, 1.54) is 11.3 Å². The molecule has 1 aromatic heterocycles. The molecule has 0 saturated carbocycles. The summed E-state index contributed by atoms with van der Waals surface area (Å²) in [5.74, 6) is 5.67. The van der Waals surface area contributed by atoms with Gasteiger partial charge in [0.2, 0.25) is 5.91 Å². The molecule has 0 spiro atoms. The van der Waals surface area contributed by atoms with Gasteiger partial charge in [0.1, 0.15) is 0 Å². The summed E-state index contributed by atoms with van der Waals surface area (Å²) in [7, 11) is -0.724. The monoisotopic (exact) mass is 422 g/mol. The first-order valence-electron chi connectivity index (χ1n) is 9.58. The van der Waals surface area contributed by atoms with Gasteiger partial charge in [0.25, 0.3) is 0 Å². The molecule has 28 heavy (non-hydrogen) atoms. The Hall–Kier alpha value is -1.69. The van der Waals surface area contributed by atoms with Crippen LogP contribution in [0.2, 0.25) is 5.04 Å². The highest BCUT2D eigenvalue weighted by Gasteiger charge is 2.41. The molecule has 1 aliphatic heterocycles. The number of hydrogen-bond donors (Lipinski definition) is 0. The fourth-order valence-corrected chi connectivity index (χ4v) is 4.64. The summed E-state index contributed by atoms with van der Waals surface area (Å²) in [5.41, 5.74) is -0.112. The van der Waals surface area contributed by atoms with E-state index in [4.69, 9.17) is 9.16 Å². The zero-order valence-corrected chi connectivity index (χ0v) is 19.9. The maximum absolute atomic E-state index is 12.4. The number of amides is 1. The fraction of sp³-hybridized carbons (Fsp3) is 0.650. The number of carbonyl (C=O) groups is 2. The van der Waals surface area contributed by atoms with E-state index in [-0.39, 0.29) is 28.3 Å². The molecule has 1 amide bonds. The van der Waals surface area contributed by atoms with E-state index in [2.05, 4.69) is 51.4 Å². The molecule has 154 valence electrons. The van der Waals surface area contributed by atoms with E-state index in [1.807, 2.05) is 4.90 Å². The Morgan fingerprint density at radius 3 is 2.75 bits per heavy atom. The predicted molar refractivity (Wildman–Crippen MR) is 113 cm³/mol. The van der Waals surface area contributed by atoms with Gasteiger partial charge < -0.3 is 14.1 Å². The molecule has 1 aliphatic rings. The Balaban J connectivity index is 2.03. The van der Waals surface area contributed by atoms with Crippen LogP contribution in [0.5, 0.6) is 0 Å². The second-order valence-electron chi connectivity index (χ2n) is 8.59. The third kappa shape index (κ3) is 6.16. The molecule has 8 heteroatoms. The van der Waals surface area contributed by atoms with E-state index in [0.29, 0.717) is 24.6 Å². The van der Waals surface area contributed by atoms with Crippen molar-refractivity contribution in [3.8, 4) is 11.8 Å². The van der Waals surface area contributed by atoms with Gasteiger partial charge in [0.05, 0.1) is 24.8 Å². The zero-order chi connectivity index (χ0) is 20.9. The molecule has 0 N–H and O–H groups in total. The largest absolute Gasteiger partial charge is 0.461 e. The third-order valence-corrected chi connectivity index (χ3v) is 6.95. The number of hydrogen-bond acceptors (Lipinski definition) is 6. The first-order valence-corrected chi connectivity index (χ1v) is 11.7. The van der Waals surface area contributed by atoms with Crippen LogP contribution < -0.4 is 0 Å². The first kappa shape index (κ1) is 22.6. The number of aromatic nitrogens is 1. The minimum atomic E-state index is -0.724. The standard InChI is InChI=1S/C20H30N2O4SSi/c1-7-25-18(24)14-13-27-16(21-14)9-8-12-22-15(10-11-17(22)23)20(5,6)26-28-19(2,3)4/h13,15H,7,10-12,28H2,1-6H3/t15-/m1/s1. The van der Waals surface area contributed by atoms with E-state index in [1.54, 1.807) is 12.3 Å². The highest BCUT2D eigenvalue weighted by atomic mass is 32.1. The van der Waals surface area contributed by atoms with Crippen LogP contribution in [0.15, 0.2) is 5.38 Å². The summed E-state index contributed by atoms with van der Waals surface area (Å²) in [6.07, 6.45) is 1.32. The minimum Gasteiger partial charge on any atom is -0.461 e. The third-order valence-electron chi connectivity index (χ3n) is 4.44. The van der Waals surface area contributed by atoms with Gasteiger partial charge in [-0.25, -0.2) is 9.78 Å². The molecule has 6 nitrogen and oxygen atoms in total.